The summed E-state index contributed by atoms with van der Waals surface area (Å²) in [5.74, 6) is -0.0847. The molecule has 0 fully saturated rings. The van der Waals surface area contributed by atoms with Crippen molar-refractivity contribution in [1.29, 1.82) is 0 Å². The van der Waals surface area contributed by atoms with Gasteiger partial charge in [0.1, 0.15) is 0 Å². The molecule has 1 aromatic carbocycles. The molecule has 0 unspecified atom stereocenters. The number of benzene rings is 1. The van der Waals surface area contributed by atoms with Crippen molar-refractivity contribution in [1.82, 2.24) is 9.55 Å². The van der Waals surface area contributed by atoms with E-state index in [0.717, 1.165) is 5.71 Å². The van der Waals surface area contributed by atoms with Crippen molar-refractivity contribution in [2.24, 2.45) is 5.10 Å². The minimum atomic E-state index is -0.0847. The van der Waals surface area contributed by atoms with E-state index in [1.54, 1.807) is 30.7 Å². The van der Waals surface area contributed by atoms with E-state index in [4.69, 9.17) is 23.2 Å². The molecule has 1 aromatic heterocycles. The Morgan fingerprint density at radius 1 is 1.25 bits per heavy atom. The number of amides is 1. The SMILES string of the molecule is O=C1CC(Cn2ccnc2)=NN1c1ccc(Cl)c(Cl)c1. The van der Waals surface area contributed by atoms with Gasteiger partial charge in [-0.1, -0.05) is 23.2 Å². The first kappa shape index (κ1) is 13.1. The fraction of sp³-hybridized carbons (Fsp3) is 0.154. The Morgan fingerprint density at radius 2 is 2.10 bits per heavy atom. The molecule has 0 saturated carbocycles. The first-order valence-electron chi connectivity index (χ1n) is 5.93. The van der Waals surface area contributed by atoms with Gasteiger partial charge in [0.25, 0.3) is 5.91 Å². The van der Waals surface area contributed by atoms with Gasteiger partial charge in [0.05, 0.1) is 40.7 Å². The molecule has 0 bridgehead atoms. The number of carbonyl (C=O) groups excluding carboxylic acids is 1. The smallest absolute Gasteiger partial charge is 0.253 e. The van der Waals surface area contributed by atoms with Crippen molar-refractivity contribution in [3.8, 4) is 0 Å². The number of imidazole rings is 1. The molecule has 1 aliphatic rings. The first-order valence-corrected chi connectivity index (χ1v) is 6.69. The summed E-state index contributed by atoms with van der Waals surface area (Å²) in [5, 5.41) is 6.54. The molecule has 3 rings (SSSR count). The van der Waals surface area contributed by atoms with Crippen LogP contribution in [0.2, 0.25) is 10.0 Å². The second-order valence-electron chi connectivity index (χ2n) is 4.38. The summed E-state index contributed by atoms with van der Waals surface area (Å²) < 4.78 is 1.87. The standard InChI is InChI=1S/C13H10Cl2N4O/c14-11-2-1-10(6-12(11)15)19-13(20)5-9(17-19)7-18-4-3-16-8-18/h1-4,6,8H,5,7H2. The number of nitrogens with zero attached hydrogens (tertiary/aromatic N) is 4. The van der Waals surface area contributed by atoms with Gasteiger partial charge in [-0.25, -0.2) is 9.99 Å². The van der Waals surface area contributed by atoms with Crippen molar-refractivity contribution in [2.45, 2.75) is 13.0 Å². The number of halogens is 2. The van der Waals surface area contributed by atoms with Crippen LogP contribution in [0.15, 0.2) is 42.0 Å². The largest absolute Gasteiger partial charge is 0.332 e. The lowest BCUT2D eigenvalue weighted by molar-refractivity contribution is -0.116. The number of carbonyl (C=O) groups is 1. The maximum atomic E-state index is 12.0. The van der Waals surface area contributed by atoms with Gasteiger partial charge in [-0.05, 0) is 18.2 Å². The van der Waals surface area contributed by atoms with E-state index >= 15 is 0 Å². The zero-order valence-electron chi connectivity index (χ0n) is 10.3. The topological polar surface area (TPSA) is 50.5 Å². The number of anilines is 1. The second kappa shape index (κ2) is 5.26. The predicted molar refractivity (Wildman–Crippen MR) is 78.2 cm³/mol. The molecule has 0 spiro atoms. The molecule has 0 aliphatic carbocycles. The van der Waals surface area contributed by atoms with Crippen LogP contribution >= 0.6 is 23.2 Å². The highest BCUT2D eigenvalue weighted by Crippen LogP contribution is 2.29. The van der Waals surface area contributed by atoms with Crippen LogP contribution in [0.3, 0.4) is 0 Å². The van der Waals surface area contributed by atoms with Crippen LogP contribution < -0.4 is 5.01 Å². The third kappa shape index (κ3) is 2.55. The van der Waals surface area contributed by atoms with Crippen molar-refractivity contribution in [3.05, 3.63) is 47.0 Å². The molecule has 2 heterocycles. The highest BCUT2D eigenvalue weighted by molar-refractivity contribution is 6.42. The van der Waals surface area contributed by atoms with Crippen LogP contribution in [0.5, 0.6) is 0 Å². The van der Waals surface area contributed by atoms with E-state index < -0.39 is 0 Å². The van der Waals surface area contributed by atoms with Crippen LogP contribution in [0.4, 0.5) is 5.69 Å². The summed E-state index contributed by atoms with van der Waals surface area (Å²) in [6.07, 6.45) is 5.50. The molecule has 0 saturated heterocycles. The fourth-order valence-corrected chi connectivity index (χ4v) is 2.27. The lowest BCUT2D eigenvalue weighted by atomic mass is 10.2. The molecule has 0 atom stereocenters. The van der Waals surface area contributed by atoms with E-state index in [2.05, 4.69) is 10.1 Å². The average molecular weight is 309 g/mol. The van der Waals surface area contributed by atoms with E-state index in [9.17, 15) is 4.79 Å². The zero-order valence-corrected chi connectivity index (χ0v) is 11.8. The molecule has 20 heavy (non-hydrogen) atoms. The Labute approximate surface area is 125 Å². The van der Waals surface area contributed by atoms with Gasteiger partial charge in [0.2, 0.25) is 0 Å². The molecule has 5 nitrogen and oxygen atoms in total. The molecular weight excluding hydrogens is 299 g/mol. The highest BCUT2D eigenvalue weighted by Gasteiger charge is 2.25. The summed E-state index contributed by atoms with van der Waals surface area (Å²) in [5.41, 5.74) is 1.39. The third-order valence-electron chi connectivity index (χ3n) is 2.90. The summed E-state index contributed by atoms with van der Waals surface area (Å²) in [6.45, 7) is 0.545. The molecule has 1 amide bonds. The van der Waals surface area contributed by atoms with Gasteiger partial charge in [-0.15, -0.1) is 0 Å². The average Bonchev–Trinajstić information content (AvgIpc) is 3.03. The zero-order chi connectivity index (χ0) is 14.1. The first-order chi connectivity index (χ1) is 9.63. The molecule has 0 N–H and O–H groups in total. The molecular formula is C13H10Cl2N4O. The van der Waals surface area contributed by atoms with Crippen LogP contribution in [0.1, 0.15) is 6.42 Å². The molecule has 7 heteroatoms. The minimum absolute atomic E-state index is 0.0847. The van der Waals surface area contributed by atoms with Gasteiger partial charge in [-0.2, -0.15) is 5.10 Å². The van der Waals surface area contributed by atoms with Crippen LogP contribution in [-0.2, 0) is 11.3 Å². The Balaban J connectivity index is 1.84. The van der Waals surface area contributed by atoms with Crippen LogP contribution in [0.25, 0.3) is 0 Å². The molecule has 0 radical (unpaired) electrons. The Bertz CT molecular complexity index is 682. The minimum Gasteiger partial charge on any atom is -0.332 e. The number of hydrazone groups is 1. The summed E-state index contributed by atoms with van der Waals surface area (Å²) in [4.78, 5) is 16.0. The maximum Gasteiger partial charge on any atom is 0.253 e. The Hall–Kier alpha value is -1.85. The van der Waals surface area contributed by atoms with Crippen molar-refractivity contribution in [3.63, 3.8) is 0 Å². The van der Waals surface area contributed by atoms with Gasteiger partial charge in [-0.3, -0.25) is 4.79 Å². The van der Waals surface area contributed by atoms with Crippen molar-refractivity contribution < 1.29 is 4.79 Å². The quantitative estimate of drug-likeness (QED) is 0.875. The number of rotatable bonds is 3. The van der Waals surface area contributed by atoms with Gasteiger partial charge in [0, 0.05) is 12.4 Å². The van der Waals surface area contributed by atoms with Gasteiger partial charge < -0.3 is 4.57 Å². The molecule has 102 valence electrons. The molecule has 2 aromatic rings. The third-order valence-corrected chi connectivity index (χ3v) is 3.64. The normalized spacial score (nSPS) is 14.8. The monoisotopic (exact) mass is 308 g/mol. The van der Waals surface area contributed by atoms with E-state index in [1.165, 1.54) is 5.01 Å². The van der Waals surface area contributed by atoms with E-state index in [1.807, 2.05) is 10.8 Å². The van der Waals surface area contributed by atoms with Gasteiger partial charge >= 0.3 is 0 Å². The van der Waals surface area contributed by atoms with E-state index in [-0.39, 0.29) is 5.91 Å². The maximum absolute atomic E-state index is 12.0. The molecule has 1 aliphatic heterocycles. The van der Waals surface area contributed by atoms with Crippen LogP contribution in [-0.4, -0.2) is 21.2 Å². The highest BCUT2D eigenvalue weighted by atomic mass is 35.5. The van der Waals surface area contributed by atoms with Gasteiger partial charge in [0.15, 0.2) is 0 Å². The van der Waals surface area contributed by atoms with Crippen LogP contribution in [0, 0.1) is 0 Å². The lowest BCUT2D eigenvalue weighted by Gasteiger charge is -2.12. The summed E-state index contributed by atoms with van der Waals surface area (Å²) in [6, 6.07) is 5.00. The Morgan fingerprint density at radius 3 is 2.80 bits per heavy atom. The summed E-state index contributed by atoms with van der Waals surface area (Å²) in [7, 11) is 0. The Kier molecular flexibility index (Phi) is 3.46. The fourth-order valence-electron chi connectivity index (χ4n) is 1.98. The van der Waals surface area contributed by atoms with E-state index in [0.29, 0.717) is 28.7 Å². The van der Waals surface area contributed by atoms with Crippen molar-refractivity contribution in [2.75, 3.05) is 5.01 Å². The predicted octanol–water partition coefficient (Wildman–Crippen LogP) is 2.98. The van der Waals surface area contributed by atoms with Crippen molar-refractivity contribution >= 4 is 40.5 Å². The second-order valence-corrected chi connectivity index (χ2v) is 5.20. The number of aromatic nitrogens is 2. The lowest BCUT2D eigenvalue weighted by Crippen LogP contribution is -2.19. The number of hydrogen-bond acceptors (Lipinski definition) is 3. The number of hydrogen-bond donors (Lipinski definition) is 0. The summed E-state index contributed by atoms with van der Waals surface area (Å²) >= 11 is 11.8.